The lowest BCUT2D eigenvalue weighted by Gasteiger charge is -2.36. The van der Waals surface area contributed by atoms with E-state index in [-0.39, 0.29) is 0 Å². The van der Waals surface area contributed by atoms with E-state index in [9.17, 15) is 5.11 Å². The van der Waals surface area contributed by atoms with Crippen molar-refractivity contribution in [2.24, 2.45) is 5.92 Å². The Balaban J connectivity index is 4.38. The molecule has 0 aliphatic heterocycles. The SMILES string of the molecule is CCC(O)(CC)CN(CC(C)C)C(C)C. The summed E-state index contributed by atoms with van der Waals surface area (Å²) in [6, 6.07) is 0.511. The zero-order valence-corrected chi connectivity index (χ0v) is 11.4. The van der Waals surface area contributed by atoms with E-state index in [1.807, 2.05) is 0 Å². The van der Waals surface area contributed by atoms with Gasteiger partial charge in [0.15, 0.2) is 0 Å². The predicted octanol–water partition coefficient (Wildman–Crippen LogP) is 2.90. The van der Waals surface area contributed by atoms with Crippen LogP contribution in [0.4, 0.5) is 0 Å². The first-order valence-corrected chi connectivity index (χ1v) is 6.31. The minimum absolute atomic E-state index is 0.501. The molecule has 0 saturated carbocycles. The first-order chi connectivity index (χ1) is 6.84. The standard InChI is InChI=1S/C13H29NO/c1-7-13(15,8-2)10-14(12(5)6)9-11(3)4/h11-12,15H,7-10H2,1-6H3. The monoisotopic (exact) mass is 215 g/mol. The molecule has 0 heterocycles. The second-order valence-electron chi connectivity index (χ2n) is 5.35. The van der Waals surface area contributed by atoms with Gasteiger partial charge in [0, 0.05) is 19.1 Å². The van der Waals surface area contributed by atoms with Crippen LogP contribution in [-0.4, -0.2) is 34.7 Å². The fourth-order valence-electron chi connectivity index (χ4n) is 1.78. The van der Waals surface area contributed by atoms with Crippen LogP contribution in [0.3, 0.4) is 0 Å². The van der Waals surface area contributed by atoms with Crippen LogP contribution in [0.5, 0.6) is 0 Å². The lowest BCUT2D eigenvalue weighted by atomic mass is 9.95. The van der Waals surface area contributed by atoms with Gasteiger partial charge < -0.3 is 5.11 Å². The maximum atomic E-state index is 10.3. The third-order valence-electron chi connectivity index (χ3n) is 3.14. The largest absolute Gasteiger partial charge is 0.389 e. The Morgan fingerprint density at radius 3 is 1.80 bits per heavy atom. The molecule has 0 aliphatic rings. The van der Waals surface area contributed by atoms with E-state index < -0.39 is 5.60 Å². The molecule has 1 N–H and O–H groups in total. The van der Waals surface area contributed by atoms with Crippen molar-refractivity contribution >= 4 is 0 Å². The van der Waals surface area contributed by atoms with E-state index in [0.29, 0.717) is 12.0 Å². The number of aliphatic hydroxyl groups is 1. The number of nitrogens with zero attached hydrogens (tertiary/aromatic N) is 1. The molecule has 0 bridgehead atoms. The molecule has 0 aliphatic carbocycles. The molecule has 0 aromatic heterocycles. The highest BCUT2D eigenvalue weighted by Crippen LogP contribution is 2.18. The van der Waals surface area contributed by atoms with Crippen molar-refractivity contribution in [2.75, 3.05) is 13.1 Å². The maximum absolute atomic E-state index is 10.3. The molecule has 0 fully saturated rings. The Bertz CT molecular complexity index is 162. The average molecular weight is 215 g/mol. The highest BCUT2D eigenvalue weighted by molar-refractivity contribution is 4.81. The van der Waals surface area contributed by atoms with Gasteiger partial charge in [-0.1, -0.05) is 27.7 Å². The lowest BCUT2D eigenvalue weighted by molar-refractivity contribution is -0.0144. The molecule has 15 heavy (non-hydrogen) atoms. The average Bonchev–Trinajstić information content (AvgIpc) is 2.16. The van der Waals surface area contributed by atoms with Crippen molar-refractivity contribution in [3.8, 4) is 0 Å². The van der Waals surface area contributed by atoms with Gasteiger partial charge in [0.2, 0.25) is 0 Å². The molecule has 2 nitrogen and oxygen atoms in total. The fraction of sp³-hybridized carbons (Fsp3) is 1.00. The van der Waals surface area contributed by atoms with Gasteiger partial charge in [0.25, 0.3) is 0 Å². The third kappa shape index (κ3) is 5.53. The molecule has 2 heteroatoms. The van der Waals surface area contributed by atoms with Gasteiger partial charge >= 0.3 is 0 Å². The highest BCUT2D eigenvalue weighted by atomic mass is 16.3. The van der Waals surface area contributed by atoms with Crippen molar-refractivity contribution in [3.63, 3.8) is 0 Å². The fourth-order valence-corrected chi connectivity index (χ4v) is 1.78. The molecule has 0 atom stereocenters. The van der Waals surface area contributed by atoms with Crippen LogP contribution >= 0.6 is 0 Å². The van der Waals surface area contributed by atoms with Crippen molar-refractivity contribution in [1.29, 1.82) is 0 Å². The quantitative estimate of drug-likeness (QED) is 0.706. The molecule has 0 aromatic carbocycles. The smallest absolute Gasteiger partial charge is 0.0769 e. The summed E-state index contributed by atoms with van der Waals surface area (Å²) in [5, 5.41) is 10.3. The molecule has 0 amide bonds. The first kappa shape index (κ1) is 14.9. The summed E-state index contributed by atoms with van der Waals surface area (Å²) >= 11 is 0. The van der Waals surface area contributed by atoms with Gasteiger partial charge in [0.1, 0.15) is 0 Å². The summed E-state index contributed by atoms with van der Waals surface area (Å²) in [6.45, 7) is 14.9. The first-order valence-electron chi connectivity index (χ1n) is 6.31. The summed E-state index contributed by atoms with van der Waals surface area (Å²) in [5.41, 5.74) is -0.501. The van der Waals surface area contributed by atoms with Crippen molar-refractivity contribution in [1.82, 2.24) is 4.90 Å². The van der Waals surface area contributed by atoms with Gasteiger partial charge in [-0.2, -0.15) is 0 Å². The Morgan fingerprint density at radius 1 is 1.07 bits per heavy atom. The third-order valence-corrected chi connectivity index (χ3v) is 3.14. The molecule has 0 aromatic rings. The van der Waals surface area contributed by atoms with Gasteiger partial charge in [-0.25, -0.2) is 0 Å². The number of hydrogen-bond donors (Lipinski definition) is 1. The van der Waals surface area contributed by atoms with Crippen molar-refractivity contribution in [3.05, 3.63) is 0 Å². The molecular weight excluding hydrogens is 186 g/mol. The zero-order valence-electron chi connectivity index (χ0n) is 11.4. The molecule has 92 valence electrons. The summed E-state index contributed by atoms with van der Waals surface area (Å²) in [6.07, 6.45) is 1.68. The van der Waals surface area contributed by atoms with Crippen LogP contribution in [0.15, 0.2) is 0 Å². The summed E-state index contributed by atoms with van der Waals surface area (Å²) in [7, 11) is 0. The van der Waals surface area contributed by atoms with E-state index in [0.717, 1.165) is 25.9 Å². The second-order valence-corrected chi connectivity index (χ2v) is 5.35. The van der Waals surface area contributed by atoms with Crippen molar-refractivity contribution in [2.45, 2.75) is 66.0 Å². The predicted molar refractivity (Wildman–Crippen MR) is 67.1 cm³/mol. The van der Waals surface area contributed by atoms with Crippen LogP contribution in [0.2, 0.25) is 0 Å². The second kappa shape index (κ2) is 6.49. The minimum atomic E-state index is -0.501. The van der Waals surface area contributed by atoms with Gasteiger partial charge in [-0.15, -0.1) is 0 Å². The Kier molecular flexibility index (Phi) is 6.46. The van der Waals surface area contributed by atoms with Gasteiger partial charge in [-0.3, -0.25) is 4.90 Å². The molecule has 0 radical (unpaired) electrons. The van der Waals surface area contributed by atoms with Crippen molar-refractivity contribution < 1.29 is 5.11 Å². The van der Waals surface area contributed by atoms with E-state index in [2.05, 4.69) is 46.4 Å². The summed E-state index contributed by atoms with van der Waals surface area (Å²) < 4.78 is 0. The lowest BCUT2D eigenvalue weighted by Crippen LogP contribution is -2.46. The molecule has 0 unspecified atom stereocenters. The molecular formula is C13H29NO. The van der Waals surface area contributed by atoms with E-state index in [4.69, 9.17) is 0 Å². The Hall–Kier alpha value is -0.0800. The van der Waals surface area contributed by atoms with Crippen LogP contribution in [0.25, 0.3) is 0 Å². The number of rotatable bonds is 7. The molecule has 0 saturated heterocycles. The van der Waals surface area contributed by atoms with E-state index in [1.165, 1.54) is 0 Å². The van der Waals surface area contributed by atoms with Crippen LogP contribution < -0.4 is 0 Å². The molecule has 0 rings (SSSR count). The molecule has 0 spiro atoms. The van der Waals surface area contributed by atoms with Crippen LogP contribution in [0, 0.1) is 5.92 Å². The zero-order chi connectivity index (χ0) is 12.1. The minimum Gasteiger partial charge on any atom is -0.389 e. The normalized spacial score (nSPS) is 13.2. The maximum Gasteiger partial charge on any atom is 0.0769 e. The summed E-state index contributed by atoms with van der Waals surface area (Å²) in [5.74, 6) is 0.658. The van der Waals surface area contributed by atoms with Gasteiger partial charge in [0.05, 0.1) is 5.60 Å². The number of hydrogen-bond acceptors (Lipinski definition) is 2. The Labute approximate surface area is 95.7 Å². The van der Waals surface area contributed by atoms with Gasteiger partial charge in [-0.05, 0) is 32.6 Å². The van der Waals surface area contributed by atoms with Crippen LogP contribution in [-0.2, 0) is 0 Å². The Morgan fingerprint density at radius 2 is 1.53 bits per heavy atom. The van der Waals surface area contributed by atoms with Crippen LogP contribution in [0.1, 0.15) is 54.4 Å². The topological polar surface area (TPSA) is 23.5 Å². The summed E-state index contributed by atoms with van der Waals surface area (Å²) in [4.78, 5) is 2.39. The van der Waals surface area contributed by atoms with E-state index >= 15 is 0 Å². The van der Waals surface area contributed by atoms with E-state index in [1.54, 1.807) is 0 Å². The highest BCUT2D eigenvalue weighted by Gasteiger charge is 2.26.